The molecule has 106 valence electrons. The molecule has 0 radical (unpaired) electrons. The summed E-state index contributed by atoms with van der Waals surface area (Å²) in [5.74, 6) is 0.319. The Labute approximate surface area is 116 Å². The average molecular weight is 262 g/mol. The minimum atomic E-state index is -0.0999. The standard InChI is InChI=1S/C16H26N2O/c1-4-5-11-18(14-9-7-6-8-10-14)16(19)15(12-17)13(2)3/h6-10,13,15H,4-5,11-12,17H2,1-3H3. The van der Waals surface area contributed by atoms with E-state index in [1.807, 2.05) is 35.2 Å². The largest absolute Gasteiger partial charge is 0.330 e. The summed E-state index contributed by atoms with van der Waals surface area (Å²) in [6.07, 6.45) is 2.08. The van der Waals surface area contributed by atoms with Crippen LogP contribution in [0, 0.1) is 11.8 Å². The van der Waals surface area contributed by atoms with Crippen molar-refractivity contribution < 1.29 is 4.79 Å². The third-order valence-corrected chi connectivity index (χ3v) is 3.45. The molecule has 1 aromatic rings. The number of rotatable bonds is 7. The summed E-state index contributed by atoms with van der Waals surface area (Å²) >= 11 is 0. The number of carbonyl (C=O) groups is 1. The van der Waals surface area contributed by atoms with Crippen LogP contribution >= 0.6 is 0 Å². The molecule has 1 unspecified atom stereocenters. The van der Waals surface area contributed by atoms with Gasteiger partial charge in [0, 0.05) is 18.8 Å². The van der Waals surface area contributed by atoms with Crippen LogP contribution in [0.15, 0.2) is 30.3 Å². The topological polar surface area (TPSA) is 46.3 Å². The van der Waals surface area contributed by atoms with Gasteiger partial charge in [-0.3, -0.25) is 4.79 Å². The first-order valence-electron chi connectivity index (χ1n) is 7.18. The van der Waals surface area contributed by atoms with Gasteiger partial charge in [-0.05, 0) is 24.5 Å². The van der Waals surface area contributed by atoms with E-state index in [-0.39, 0.29) is 17.7 Å². The zero-order valence-corrected chi connectivity index (χ0v) is 12.3. The van der Waals surface area contributed by atoms with Crippen molar-refractivity contribution in [2.24, 2.45) is 17.6 Å². The Kier molecular flexibility index (Phi) is 6.57. The number of nitrogens with two attached hydrogens (primary N) is 1. The molecule has 19 heavy (non-hydrogen) atoms. The second-order valence-electron chi connectivity index (χ2n) is 5.27. The maximum atomic E-state index is 12.7. The molecular weight excluding hydrogens is 236 g/mol. The molecule has 0 bridgehead atoms. The number of unbranched alkanes of at least 4 members (excludes halogenated alkanes) is 1. The van der Waals surface area contributed by atoms with Gasteiger partial charge in [0.15, 0.2) is 0 Å². The molecule has 1 atom stereocenters. The Bertz CT molecular complexity index is 376. The van der Waals surface area contributed by atoms with Gasteiger partial charge in [-0.25, -0.2) is 0 Å². The molecule has 0 aromatic heterocycles. The number of benzene rings is 1. The molecule has 0 fully saturated rings. The van der Waals surface area contributed by atoms with E-state index in [0.29, 0.717) is 6.54 Å². The highest BCUT2D eigenvalue weighted by molar-refractivity contribution is 5.95. The summed E-state index contributed by atoms with van der Waals surface area (Å²) in [6.45, 7) is 7.42. The second kappa shape index (κ2) is 7.95. The Morgan fingerprint density at radius 1 is 1.26 bits per heavy atom. The van der Waals surface area contributed by atoms with E-state index in [4.69, 9.17) is 5.73 Å². The number of amides is 1. The van der Waals surface area contributed by atoms with E-state index in [1.165, 1.54) is 0 Å². The van der Waals surface area contributed by atoms with Crippen LogP contribution in [0.2, 0.25) is 0 Å². The van der Waals surface area contributed by atoms with Crippen molar-refractivity contribution in [1.29, 1.82) is 0 Å². The highest BCUT2D eigenvalue weighted by atomic mass is 16.2. The van der Waals surface area contributed by atoms with Crippen molar-refractivity contribution in [3.8, 4) is 0 Å². The van der Waals surface area contributed by atoms with Crippen LogP contribution in [0.1, 0.15) is 33.6 Å². The minimum Gasteiger partial charge on any atom is -0.330 e. The number of anilines is 1. The molecule has 0 saturated carbocycles. The Hall–Kier alpha value is -1.35. The summed E-state index contributed by atoms with van der Waals surface area (Å²) in [5.41, 5.74) is 6.74. The van der Waals surface area contributed by atoms with Crippen molar-refractivity contribution in [2.45, 2.75) is 33.6 Å². The van der Waals surface area contributed by atoms with Gasteiger partial charge < -0.3 is 10.6 Å². The van der Waals surface area contributed by atoms with Gasteiger partial charge in [-0.1, -0.05) is 45.4 Å². The maximum absolute atomic E-state index is 12.7. The number of para-hydroxylation sites is 1. The van der Waals surface area contributed by atoms with Gasteiger partial charge in [0.05, 0.1) is 5.92 Å². The molecule has 0 saturated heterocycles. The molecule has 2 N–H and O–H groups in total. The molecular formula is C16H26N2O. The first-order chi connectivity index (χ1) is 9.11. The first kappa shape index (κ1) is 15.7. The molecule has 3 heteroatoms. The van der Waals surface area contributed by atoms with Gasteiger partial charge in [-0.2, -0.15) is 0 Å². The third-order valence-electron chi connectivity index (χ3n) is 3.45. The molecule has 0 spiro atoms. The second-order valence-corrected chi connectivity index (χ2v) is 5.27. The van der Waals surface area contributed by atoms with Crippen LogP contribution in [-0.2, 0) is 4.79 Å². The fourth-order valence-corrected chi connectivity index (χ4v) is 2.15. The highest BCUT2D eigenvalue weighted by Gasteiger charge is 2.26. The van der Waals surface area contributed by atoms with Crippen LogP contribution in [0.4, 0.5) is 5.69 Å². The average Bonchev–Trinajstić information content (AvgIpc) is 2.40. The number of carbonyl (C=O) groups excluding carboxylic acids is 1. The number of hydrogen-bond donors (Lipinski definition) is 1. The maximum Gasteiger partial charge on any atom is 0.231 e. The van der Waals surface area contributed by atoms with Crippen LogP contribution in [0.5, 0.6) is 0 Å². The third kappa shape index (κ3) is 4.35. The highest BCUT2D eigenvalue weighted by Crippen LogP contribution is 2.20. The lowest BCUT2D eigenvalue weighted by atomic mass is 9.94. The molecule has 0 aliphatic heterocycles. The zero-order valence-electron chi connectivity index (χ0n) is 12.3. The Balaban J connectivity index is 2.93. The van der Waals surface area contributed by atoms with Crippen LogP contribution in [0.25, 0.3) is 0 Å². The van der Waals surface area contributed by atoms with Crippen LogP contribution in [-0.4, -0.2) is 19.0 Å². The molecule has 3 nitrogen and oxygen atoms in total. The Morgan fingerprint density at radius 3 is 2.37 bits per heavy atom. The van der Waals surface area contributed by atoms with E-state index >= 15 is 0 Å². The van der Waals surface area contributed by atoms with Crippen molar-refractivity contribution in [2.75, 3.05) is 18.0 Å². The monoisotopic (exact) mass is 262 g/mol. The lowest BCUT2D eigenvalue weighted by Gasteiger charge is -2.28. The number of hydrogen-bond acceptors (Lipinski definition) is 2. The van der Waals surface area contributed by atoms with Gasteiger partial charge in [0.1, 0.15) is 0 Å². The first-order valence-corrected chi connectivity index (χ1v) is 7.18. The fourth-order valence-electron chi connectivity index (χ4n) is 2.15. The summed E-state index contributed by atoms with van der Waals surface area (Å²) in [5, 5.41) is 0. The molecule has 1 rings (SSSR count). The summed E-state index contributed by atoms with van der Waals surface area (Å²) < 4.78 is 0. The number of nitrogens with zero attached hydrogens (tertiary/aromatic N) is 1. The van der Waals surface area contributed by atoms with E-state index < -0.39 is 0 Å². The molecule has 1 amide bonds. The van der Waals surface area contributed by atoms with Gasteiger partial charge in [0.2, 0.25) is 5.91 Å². The van der Waals surface area contributed by atoms with E-state index in [9.17, 15) is 4.79 Å². The van der Waals surface area contributed by atoms with Gasteiger partial charge in [0.25, 0.3) is 0 Å². The van der Waals surface area contributed by atoms with Crippen LogP contribution < -0.4 is 10.6 Å². The molecule has 0 heterocycles. The molecule has 0 aliphatic rings. The van der Waals surface area contributed by atoms with Gasteiger partial charge >= 0.3 is 0 Å². The summed E-state index contributed by atoms with van der Waals surface area (Å²) in [7, 11) is 0. The van der Waals surface area contributed by atoms with Crippen molar-refractivity contribution in [3.05, 3.63) is 30.3 Å². The minimum absolute atomic E-state index is 0.0999. The fraction of sp³-hybridized carbons (Fsp3) is 0.562. The van der Waals surface area contributed by atoms with E-state index in [0.717, 1.165) is 25.1 Å². The van der Waals surface area contributed by atoms with Crippen molar-refractivity contribution in [1.82, 2.24) is 0 Å². The summed E-state index contributed by atoms with van der Waals surface area (Å²) in [4.78, 5) is 14.6. The van der Waals surface area contributed by atoms with Gasteiger partial charge in [-0.15, -0.1) is 0 Å². The lowest BCUT2D eigenvalue weighted by molar-refractivity contribution is -0.123. The van der Waals surface area contributed by atoms with Crippen molar-refractivity contribution in [3.63, 3.8) is 0 Å². The lowest BCUT2D eigenvalue weighted by Crippen LogP contribution is -2.42. The zero-order chi connectivity index (χ0) is 14.3. The Morgan fingerprint density at radius 2 is 1.89 bits per heavy atom. The predicted octanol–water partition coefficient (Wildman–Crippen LogP) is 3.05. The van der Waals surface area contributed by atoms with E-state index in [1.54, 1.807) is 0 Å². The normalized spacial score (nSPS) is 12.5. The SMILES string of the molecule is CCCCN(C(=O)C(CN)C(C)C)c1ccccc1. The predicted molar refractivity (Wildman–Crippen MR) is 81.1 cm³/mol. The quantitative estimate of drug-likeness (QED) is 0.821. The van der Waals surface area contributed by atoms with Crippen LogP contribution in [0.3, 0.4) is 0 Å². The van der Waals surface area contributed by atoms with E-state index in [2.05, 4.69) is 20.8 Å². The molecule has 1 aromatic carbocycles. The molecule has 0 aliphatic carbocycles. The smallest absolute Gasteiger partial charge is 0.231 e. The van der Waals surface area contributed by atoms with Crippen molar-refractivity contribution >= 4 is 11.6 Å². The summed E-state index contributed by atoms with van der Waals surface area (Å²) in [6, 6.07) is 9.88.